The van der Waals surface area contributed by atoms with Crippen LogP contribution in [0.25, 0.3) is 0 Å². The van der Waals surface area contributed by atoms with Crippen LogP contribution in [0.2, 0.25) is 0 Å². The van der Waals surface area contributed by atoms with Gasteiger partial charge in [0, 0.05) is 17.9 Å². The third-order valence-electron chi connectivity index (χ3n) is 6.82. The number of hydrogen-bond donors (Lipinski definition) is 1. The Morgan fingerprint density at radius 3 is 2.53 bits per heavy atom. The average molecular weight is 474 g/mol. The molecule has 5 rings (SSSR count). The standard InChI is InChI=1S/C23H21F3N4O4/c24-23(25,26)13-3-1-4-14(7-13)29-12-18(31)30(21(29)33)15-8-22(9-15)10-16(11-22)34-20-17(19(27)32)5-2-6-28-20/h1-7,15-16H,8-12H2,(H2,27,32)/t15-,16-,22?. The molecule has 8 nitrogen and oxygen atoms in total. The number of hydrogen-bond acceptors (Lipinski definition) is 5. The molecular formula is C23H21F3N4O4. The summed E-state index contributed by atoms with van der Waals surface area (Å²) < 4.78 is 45.0. The van der Waals surface area contributed by atoms with Gasteiger partial charge < -0.3 is 10.5 Å². The molecule has 2 saturated carbocycles. The maximum absolute atomic E-state index is 13.0. The van der Waals surface area contributed by atoms with Crippen molar-refractivity contribution in [2.24, 2.45) is 11.1 Å². The largest absolute Gasteiger partial charge is 0.474 e. The molecule has 0 unspecified atom stereocenters. The van der Waals surface area contributed by atoms with Crippen molar-refractivity contribution in [2.75, 3.05) is 11.4 Å². The van der Waals surface area contributed by atoms with E-state index in [9.17, 15) is 27.6 Å². The van der Waals surface area contributed by atoms with Gasteiger partial charge in [0.15, 0.2) is 0 Å². The van der Waals surface area contributed by atoms with Gasteiger partial charge in [0.25, 0.3) is 11.8 Å². The number of benzene rings is 1. The highest BCUT2D eigenvalue weighted by Crippen LogP contribution is 2.58. The number of urea groups is 1. The van der Waals surface area contributed by atoms with E-state index >= 15 is 0 Å². The van der Waals surface area contributed by atoms with Crippen LogP contribution in [-0.4, -0.2) is 46.4 Å². The summed E-state index contributed by atoms with van der Waals surface area (Å²) in [4.78, 5) is 43.3. The molecule has 0 radical (unpaired) electrons. The molecule has 34 heavy (non-hydrogen) atoms. The van der Waals surface area contributed by atoms with E-state index in [1.165, 1.54) is 23.2 Å². The lowest BCUT2D eigenvalue weighted by molar-refractivity contribution is -0.139. The van der Waals surface area contributed by atoms with Crippen molar-refractivity contribution in [3.05, 3.63) is 53.7 Å². The van der Waals surface area contributed by atoms with Crippen molar-refractivity contribution in [3.8, 4) is 5.88 Å². The summed E-state index contributed by atoms with van der Waals surface area (Å²) in [5.74, 6) is -0.862. The zero-order valence-electron chi connectivity index (χ0n) is 17.9. The van der Waals surface area contributed by atoms with Gasteiger partial charge in [0.2, 0.25) is 5.88 Å². The number of halogens is 3. The monoisotopic (exact) mass is 474 g/mol. The van der Waals surface area contributed by atoms with Gasteiger partial charge in [-0.2, -0.15) is 13.2 Å². The van der Waals surface area contributed by atoms with Crippen molar-refractivity contribution in [2.45, 2.75) is 44.0 Å². The number of alkyl halides is 3. The second kappa shape index (κ2) is 7.71. The summed E-state index contributed by atoms with van der Waals surface area (Å²) in [6, 6.07) is 6.64. The number of rotatable bonds is 5. The van der Waals surface area contributed by atoms with Crippen LogP contribution < -0.4 is 15.4 Å². The van der Waals surface area contributed by atoms with Crippen molar-refractivity contribution >= 4 is 23.5 Å². The number of primary amides is 1. The molecule has 3 fully saturated rings. The first-order valence-corrected chi connectivity index (χ1v) is 10.8. The van der Waals surface area contributed by atoms with E-state index in [1.807, 2.05) is 0 Å². The highest BCUT2D eigenvalue weighted by Gasteiger charge is 2.58. The van der Waals surface area contributed by atoms with Gasteiger partial charge in [-0.1, -0.05) is 6.07 Å². The quantitative estimate of drug-likeness (QED) is 0.669. The summed E-state index contributed by atoms with van der Waals surface area (Å²) in [6.07, 6.45) is -0.606. The van der Waals surface area contributed by atoms with Gasteiger partial charge in [0.1, 0.15) is 18.2 Å². The maximum atomic E-state index is 13.0. The zero-order valence-corrected chi connectivity index (χ0v) is 17.9. The van der Waals surface area contributed by atoms with Crippen LogP contribution in [0.1, 0.15) is 41.6 Å². The molecule has 0 atom stereocenters. The van der Waals surface area contributed by atoms with Crippen molar-refractivity contribution in [1.29, 1.82) is 0 Å². The Morgan fingerprint density at radius 2 is 1.85 bits per heavy atom. The topological polar surface area (TPSA) is 106 Å². The summed E-state index contributed by atoms with van der Waals surface area (Å²) in [5.41, 5.74) is 4.66. The lowest BCUT2D eigenvalue weighted by atomic mass is 9.52. The number of imide groups is 1. The van der Waals surface area contributed by atoms with Crippen LogP contribution in [0.15, 0.2) is 42.6 Å². The van der Waals surface area contributed by atoms with E-state index < -0.39 is 29.6 Å². The predicted octanol–water partition coefficient (Wildman–Crippen LogP) is 3.36. The number of amides is 4. The normalized spacial score (nSPS) is 26.4. The Morgan fingerprint density at radius 1 is 1.12 bits per heavy atom. The third kappa shape index (κ3) is 3.74. The fraction of sp³-hybridized carbons (Fsp3) is 0.391. The molecule has 1 saturated heterocycles. The molecule has 4 amide bonds. The lowest BCUT2D eigenvalue weighted by Gasteiger charge is -2.58. The number of aromatic nitrogens is 1. The number of carbonyl (C=O) groups is 3. The van der Waals surface area contributed by atoms with E-state index in [1.54, 1.807) is 12.1 Å². The minimum atomic E-state index is -4.54. The van der Waals surface area contributed by atoms with E-state index in [0.29, 0.717) is 25.7 Å². The second-order valence-electron chi connectivity index (χ2n) is 9.11. The molecule has 1 spiro atoms. The molecule has 2 aromatic rings. The first-order valence-electron chi connectivity index (χ1n) is 10.8. The molecule has 178 valence electrons. The van der Waals surface area contributed by atoms with Gasteiger partial charge in [-0.05, 0) is 61.4 Å². The van der Waals surface area contributed by atoms with Crippen LogP contribution in [0.3, 0.4) is 0 Å². The molecule has 1 aromatic carbocycles. The number of nitrogens with two attached hydrogens (primary N) is 1. The Bertz CT molecular complexity index is 1170. The third-order valence-corrected chi connectivity index (χ3v) is 6.82. The molecule has 1 aromatic heterocycles. The lowest BCUT2D eigenvalue weighted by Crippen LogP contribution is -2.60. The maximum Gasteiger partial charge on any atom is 0.416 e. The molecule has 2 aliphatic carbocycles. The minimum Gasteiger partial charge on any atom is -0.474 e. The van der Waals surface area contributed by atoms with Gasteiger partial charge in [-0.3, -0.25) is 19.4 Å². The molecular weight excluding hydrogens is 453 g/mol. The van der Waals surface area contributed by atoms with E-state index in [4.69, 9.17) is 10.5 Å². The summed E-state index contributed by atoms with van der Waals surface area (Å²) >= 11 is 0. The Kier molecular flexibility index (Phi) is 5.03. The number of ether oxygens (including phenoxy) is 1. The summed E-state index contributed by atoms with van der Waals surface area (Å²) in [5, 5.41) is 0. The van der Waals surface area contributed by atoms with E-state index in [0.717, 1.165) is 17.0 Å². The van der Waals surface area contributed by atoms with E-state index in [2.05, 4.69) is 4.98 Å². The predicted molar refractivity (Wildman–Crippen MR) is 113 cm³/mol. The molecule has 2 N–H and O–H groups in total. The van der Waals surface area contributed by atoms with Gasteiger partial charge in [0.05, 0.1) is 5.56 Å². The van der Waals surface area contributed by atoms with Crippen LogP contribution in [0, 0.1) is 5.41 Å². The smallest absolute Gasteiger partial charge is 0.416 e. The number of nitrogens with zero attached hydrogens (tertiary/aromatic N) is 3. The van der Waals surface area contributed by atoms with E-state index in [-0.39, 0.29) is 41.2 Å². The number of anilines is 1. The SMILES string of the molecule is NC(=O)c1cccnc1O[C@H]1CC2(C1)C[C@H](N1C(=O)CN(c3cccc(C(F)(F)F)c3)C1=O)C2. The fourth-order valence-electron chi connectivity index (χ4n) is 5.20. The number of pyridine rings is 1. The van der Waals surface area contributed by atoms with Crippen molar-refractivity contribution in [1.82, 2.24) is 9.88 Å². The van der Waals surface area contributed by atoms with Gasteiger partial charge in [-0.15, -0.1) is 0 Å². The Hall–Kier alpha value is -3.63. The fourth-order valence-corrected chi connectivity index (χ4v) is 5.20. The first kappa shape index (κ1) is 22.2. The van der Waals surface area contributed by atoms with Crippen LogP contribution in [0.5, 0.6) is 5.88 Å². The zero-order chi connectivity index (χ0) is 24.3. The molecule has 2 heterocycles. The summed E-state index contributed by atoms with van der Waals surface area (Å²) in [6.45, 7) is -0.287. The molecule has 0 bridgehead atoms. The van der Waals surface area contributed by atoms with Gasteiger partial charge in [-0.25, -0.2) is 9.78 Å². The minimum absolute atomic E-state index is 0.0439. The van der Waals surface area contributed by atoms with Gasteiger partial charge >= 0.3 is 12.2 Å². The Labute approximate surface area is 192 Å². The summed E-state index contributed by atoms with van der Waals surface area (Å²) in [7, 11) is 0. The molecule has 3 aliphatic rings. The highest BCUT2D eigenvalue weighted by atomic mass is 19.4. The van der Waals surface area contributed by atoms with Crippen LogP contribution in [0.4, 0.5) is 23.7 Å². The molecule has 11 heteroatoms. The molecule has 1 aliphatic heterocycles. The average Bonchev–Trinajstić information content (AvgIpc) is 3.02. The van der Waals surface area contributed by atoms with Crippen molar-refractivity contribution < 1.29 is 32.3 Å². The highest BCUT2D eigenvalue weighted by molar-refractivity contribution is 6.12. The first-order chi connectivity index (χ1) is 16.1. The van der Waals surface area contributed by atoms with Crippen molar-refractivity contribution in [3.63, 3.8) is 0 Å². The number of carbonyl (C=O) groups excluding carboxylic acids is 3. The second-order valence-corrected chi connectivity index (χ2v) is 9.11. The Balaban J connectivity index is 1.20. The van der Waals surface area contributed by atoms with Crippen LogP contribution in [-0.2, 0) is 11.0 Å². The van der Waals surface area contributed by atoms with Crippen LogP contribution >= 0.6 is 0 Å².